The van der Waals surface area contributed by atoms with Gasteiger partial charge in [-0.25, -0.2) is 8.78 Å². The molecule has 2 heterocycles. The number of hydrogen-bond donors (Lipinski definition) is 1. The number of hydrogen-bond acceptors (Lipinski definition) is 2. The Balaban J connectivity index is 2.18. The molecule has 2 aromatic rings. The zero-order chi connectivity index (χ0) is 17.6. The van der Waals surface area contributed by atoms with Crippen molar-refractivity contribution in [2.45, 2.75) is 44.5 Å². The average Bonchev–Trinajstić information content (AvgIpc) is 2.87. The molecule has 1 aliphatic rings. The maximum absolute atomic E-state index is 13.2. The molecule has 0 spiro atoms. The highest BCUT2D eigenvalue weighted by Crippen LogP contribution is 2.38. The predicted molar refractivity (Wildman–Crippen MR) is 80.5 cm³/mol. The SMILES string of the molecule is CC1CCC(C(F)F)N1c1ccc2[nH]c(=O)cc(C(F)(F)F)c2c1. The van der Waals surface area contributed by atoms with Gasteiger partial charge in [-0.2, -0.15) is 13.2 Å². The van der Waals surface area contributed by atoms with E-state index in [0.717, 1.165) is 0 Å². The van der Waals surface area contributed by atoms with Gasteiger partial charge in [0.2, 0.25) is 5.56 Å². The quantitative estimate of drug-likeness (QED) is 0.829. The number of pyridine rings is 1. The first-order valence-corrected chi connectivity index (χ1v) is 7.49. The lowest BCUT2D eigenvalue weighted by Gasteiger charge is -2.30. The summed E-state index contributed by atoms with van der Waals surface area (Å²) >= 11 is 0. The summed E-state index contributed by atoms with van der Waals surface area (Å²) < 4.78 is 66.0. The first-order valence-electron chi connectivity index (χ1n) is 7.49. The highest BCUT2D eigenvalue weighted by Gasteiger charge is 2.38. The summed E-state index contributed by atoms with van der Waals surface area (Å²) in [7, 11) is 0. The molecule has 1 aromatic heterocycles. The molecule has 24 heavy (non-hydrogen) atoms. The van der Waals surface area contributed by atoms with Gasteiger partial charge in [-0.1, -0.05) is 0 Å². The van der Waals surface area contributed by atoms with Crippen molar-refractivity contribution in [3.63, 3.8) is 0 Å². The number of halogens is 5. The van der Waals surface area contributed by atoms with E-state index in [0.29, 0.717) is 18.2 Å². The molecule has 2 atom stereocenters. The van der Waals surface area contributed by atoms with Crippen molar-refractivity contribution in [1.82, 2.24) is 4.98 Å². The van der Waals surface area contributed by atoms with Crippen molar-refractivity contribution < 1.29 is 22.0 Å². The summed E-state index contributed by atoms with van der Waals surface area (Å²) in [5.74, 6) is 0. The van der Waals surface area contributed by atoms with E-state index in [1.54, 1.807) is 6.92 Å². The fourth-order valence-electron chi connectivity index (χ4n) is 3.35. The summed E-state index contributed by atoms with van der Waals surface area (Å²) in [5.41, 5.74) is -1.60. The monoisotopic (exact) mass is 346 g/mol. The Morgan fingerprint density at radius 1 is 1.21 bits per heavy atom. The van der Waals surface area contributed by atoms with Gasteiger partial charge in [-0.3, -0.25) is 4.79 Å². The Kier molecular flexibility index (Phi) is 4.01. The summed E-state index contributed by atoms with van der Waals surface area (Å²) in [6, 6.07) is 3.30. The fourth-order valence-corrected chi connectivity index (χ4v) is 3.35. The number of H-pyrrole nitrogens is 1. The lowest BCUT2D eigenvalue weighted by molar-refractivity contribution is -0.136. The number of nitrogens with one attached hydrogen (secondary N) is 1. The van der Waals surface area contributed by atoms with Crippen LogP contribution in [-0.4, -0.2) is 23.5 Å². The second-order valence-electron chi connectivity index (χ2n) is 6.01. The van der Waals surface area contributed by atoms with Crippen LogP contribution in [0.15, 0.2) is 29.1 Å². The number of anilines is 1. The van der Waals surface area contributed by atoms with Crippen LogP contribution in [0.5, 0.6) is 0 Å². The first kappa shape index (κ1) is 16.7. The molecule has 0 aliphatic carbocycles. The molecule has 1 saturated heterocycles. The molecule has 1 aromatic carbocycles. The number of rotatable bonds is 2. The Labute approximate surface area is 134 Å². The van der Waals surface area contributed by atoms with Crippen molar-refractivity contribution in [3.05, 3.63) is 40.2 Å². The second-order valence-corrected chi connectivity index (χ2v) is 6.01. The normalized spacial score (nSPS) is 21.9. The molecule has 0 amide bonds. The van der Waals surface area contributed by atoms with Crippen LogP contribution < -0.4 is 10.5 Å². The summed E-state index contributed by atoms with van der Waals surface area (Å²) in [4.78, 5) is 15.2. The molecule has 3 nitrogen and oxygen atoms in total. The fraction of sp³-hybridized carbons (Fsp3) is 0.438. The van der Waals surface area contributed by atoms with E-state index in [1.165, 1.54) is 23.1 Å². The van der Waals surface area contributed by atoms with E-state index < -0.39 is 29.8 Å². The summed E-state index contributed by atoms with van der Waals surface area (Å²) in [5, 5.41) is -0.202. The maximum atomic E-state index is 13.2. The van der Waals surface area contributed by atoms with Gasteiger partial charge >= 0.3 is 6.18 Å². The van der Waals surface area contributed by atoms with E-state index in [1.807, 2.05) is 0 Å². The highest BCUT2D eigenvalue weighted by atomic mass is 19.4. The van der Waals surface area contributed by atoms with Gasteiger partial charge in [0.25, 0.3) is 6.43 Å². The number of aromatic nitrogens is 1. The summed E-state index contributed by atoms with van der Waals surface area (Å²) in [6.07, 6.45) is -6.45. The van der Waals surface area contributed by atoms with Crippen LogP contribution in [0.4, 0.5) is 27.6 Å². The van der Waals surface area contributed by atoms with Gasteiger partial charge in [0.1, 0.15) is 0 Å². The molecular formula is C16H15F5N2O. The zero-order valence-electron chi connectivity index (χ0n) is 12.7. The lowest BCUT2D eigenvalue weighted by atomic mass is 10.1. The van der Waals surface area contributed by atoms with E-state index >= 15 is 0 Å². The van der Waals surface area contributed by atoms with Crippen LogP contribution in [0.2, 0.25) is 0 Å². The van der Waals surface area contributed by atoms with E-state index in [4.69, 9.17) is 0 Å². The van der Waals surface area contributed by atoms with Crippen molar-refractivity contribution in [3.8, 4) is 0 Å². The maximum Gasteiger partial charge on any atom is 0.417 e. The third-order valence-electron chi connectivity index (χ3n) is 4.43. The number of fused-ring (bicyclic) bond motifs is 1. The van der Waals surface area contributed by atoms with E-state index in [-0.39, 0.29) is 23.4 Å². The molecule has 3 rings (SSSR count). The smallest absolute Gasteiger partial charge is 0.360 e. The molecular weight excluding hydrogens is 331 g/mol. The largest absolute Gasteiger partial charge is 0.417 e. The second kappa shape index (κ2) is 5.75. The molecule has 2 unspecified atom stereocenters. The summed E-state index contributed by atoms with van der Waals surface area (Å²) in [6.45, 7) is 1.77. The molecule has 130 valence electrons. The minimum absolute atomic E-state index is 0.0269. The van der Waals surface area contributed by atoms with Crippen molar-refractivity contribution >= 4 is 16.6 Å². The van der Waals surface area contributed by atoms with Crippen LogP contribution in [0.3, 0.4) is 0 Å². The Morgan fingerprint density at radius 2 is 1.92 bits per heavy atom. The van der Waals surface area contributed by atoms with E-state index in [9.17, 15) is 26.7 Å². The molecule has 1 N–H and O–H groups in total. The topological polar surface area (TPSA) is 36.1 Å². The van der Waals surface area contributed by atoms with Crippen LogP contribution in [0.25, 0.3) is 10.9 Å². The minimum Gasteiger partial charge on any atom is -0.360 e. The molecule has 8 heteroatoms. The van der Waals surface area contributed by atoms with Crippen molar-refractivity contribution in [2.24, 2.45) is 0 Å². The average molecular weight is 346 g/mol. The number of benzene rings is 1. The zero-order valence-corrected chi connectivity index (χ0v) is 12.7. The lowest BCUT2D eigenvalue weighted by Crippen LogP contribution is -2.39. The minimum atomic E-state index is -4.70. The van der Waals surface area contributed by atoms with Crippen LogP contribution in [-0.2, 0) is 6.18 Å². The van der Waals surface area contributed by atoms with E-state index in [2.05, 4.69) is 4.98 Å². The standard InChI is InChI=1S/C16H15F5N2O/c1-8-2-5-13(15(17)18)23(8)9-3-4-12-10(6-9)11(16(19,20)21)7-14(24)22-12/h3-4,6-8,13,15H,2,5H2,1H3,(H,22,24). The molecule has 0 saturated carbocycles. The number of aromatic amines is 1. The van der Waals surface area contributed by atoms with Gasteiger partial charge in [-0.15, -0.1) is 0 Å². The molecule has 0 bridgehead atoms. The third-order valence-corrected chi connectivity index (χ3v) is 4.43. The van der Waals surface area contributed by atoms with Crippen LogP contribution in [0.1, 0.15) is 25.3 Å². The van der Waals surface area contributed by atoms with Gasteiger partial charge in [0.05, 0.1) is 11.6 Å². The van der Waals surface area contributed by atoms with Crippen molar-refractivity contribution in [1.29, 1.82) is 0 Å². The van der Waals surface area contributed by atoms with Crippen LogP contribution >= 0.6 is 0 Å². The number of nitrogens with zero attached hydrogens (tertiary/aromatic N) is 1. The Bertz CT molecular complexity index is 814. The Hall–Kier alpha value is -2.12. The van der Waals surface area contributed by atoms with Gasteiger partial charge in [-0.05, 0) is 38.0 Å². The highest BCUT2D eigenvalue weighted by molar-refractivity contribution is 5.86. The van der Waals surface area contributed by atoms with Gasteiger partial charge in [0, 0.05) is 28.7 Å². The molecule has 1 fully saturated rings. The van der Waals surface area contributed by atoms with Gasteiger partial charge < -0.3 is 9.88 Å². The molecule has 1 aliphatic heterocycles. The van der Waals surface area contributed by atoms with Gasteiger partial charge in [0.15, 0.2) is 0 Å². The first-order chi connectivity index (χ1) is 11.2. The predicted octanol–water partition coefficient (Wildman–Crippen LogP) is 4.17. The Morgan fingerprint density at radius 3 is 2.54 bits per heavy atom. The van der Waals surface area contributed by atoms with Crippen LogP contribution in [0, 0.1) is 0 Å². The number of alkyl halides is 5. The molecule has 0 radical (unpaired) electrons. The van der Waals surface area contributed by atoms with Crippen molar-refractivity contribution in [2.75, 3.05) is 4.90 Å². The third kappa shape index (κ3) is 2.85.